The van der Waals surface area contributed by atoms with E-state index in [1.54, 1.807) is 0 Å². The van der Waals surface area contributed by atoms with Gasteiger partial charge in [-0.25, -0.2) is 0 Å². The molecule has 3 atom stereocenters. The second kappa shape index (κ2) is 5.15. The number of hydrogen-bond acceptors (Lipinski definition) is 3. The van der Waals surface area contributed by atoms with E-state index >= 15 is 0 Å². The molecule has 2 heterocycles. The third-order valence-electron chi connectivity index (χ3n) is 4.92. The Hall–Kier alpha value is -1.87. The van der Waals surface area contributed by atoms with Gasteiger partial charge in [0.2, 0.25) is 0 Å². The van der Waals surface area contributed by atoms with E-state index in [4.69, 9.17) is 10.5 Å². The Bertz CT molecular complexity index is 655. The molecular formula is C18H20N2O. The van der Waals surface area contributed by atoms with Gasteiger partial charge in [0.05, 0.1) is 6.61 Å². The largest absolute Gasteiger partial charge is 0.493 e. The number of rotatable bonds is 2. The lowest BCUT2D eigenvalue weighted by Crippen LogP contribution is -2.41. The second-order valence-corrected chi connectivity index (χ2v) is 6.15. The molecule has 3 nitrogen and oxygen atoms in total. The van der Waals surface area contributed by atoms with Crippen LogP contribution in [0.2, 0.25) is 0 Å². The van der Waals surface area contributed by atoms with Crippen LogP contribution in [0, 0.1) is 5.92 Å². The van der Waals surface area contributed by atoms with Crippen molar-refractivity contribution in [2.45, 2.75) is 31.2 Å². The third-order valence-corrected chi connectivity index (χ3v) is 4.92. The van der Waals surface area contributed by atoms with Gasteiger partial charge in [0.25, 0.3) is 0 Å². The summed E-state index contributed by atoms with van der Waals surface area (Å²) in [5.74, 6) is 1.77. The van der Waals surface area contributed by atoms with Crippen LogP contribution >= 0.6 is 0 Å². The molecule has 2 aliphatic rings. The Morgan fingerprint density at radius 2 is 2.00 bits per heavy atom. The Labute approximate surface area is 125 Å². The number of aryl methyl sites for hydroxylation is 1. The van der Waals surface area contributed by atoms with Gasteiger partial charge in [-0.3, -0.25) is 4.98 Å². The maximum atomic E-state index is 6.61. The Balaban J connectivity index is 1.56. The summed E-state index contributed by atoms with van der Waals surface area (Å²) in [6.07, 6.45) is 5.11. The molecule has 2 N–H and O–H groups in total. The highest BCUT2D eigenvalue weighted by atomic mass is 16.5. The zero-order valence-electron chi connectivity index (χ0n) is 12.0. The molecule has 1 aromatic carbocycles. The molecule has 0 radical (unpaired) electrons. The molecule has 3 heteroatoms. The highest BCUT2D eigenvalue weighted by Crippen LogP contribution is 2.38. The highest BCUT2D eigenvalue weighted by molar-refractivity contribution is 5.36. The van der Waals surface area contributed by atoms with Crippen LogP contribution in [0.1, 0.15) is 29.2 Å². The number of fused-ring (bicyclic) bond motifs is 2. The first-order chi connectivity index (χ1) is 10.3. The van der Waals surface area contributed by atoms with Crippen molar-refractivity contribution >= 4 is 0 Å². The standard InChI is InChI=1S/C18H20N2O/c19-17(15-8-7-12-5-3-9-20-18(12)15)14-10-13-4-1-2-6-16(13)21-11-14/h1-6,9,14-15,17H,7-8,10-11,19H2. The summed E-state index contributed by atoms with van der Waals surface area (Å²) in [5, 5.41) is 0. The summed E-state index contributed by atoms with van der Waals surface area (Å²) < 4.78 is 5.90. The van der Waals surface area contributed by atoms with E-state index in [2.05, 4.69) is 23.2 Å². The average molecular weight is 280 g/mol. The average Bonchev–Trinajstić information content (AvgIpc) is 2.98. The van der Waals surface area contributed by atoms with Gasteiger partial charge in [0, 0.05) is 29.8 Å². The van der Waals surface area contributed by atoms with E-state index in [1.807, 2.05) is 24.4 Å². The van der Waals surface area contributed by atoms with Crippen LogP contribution < -0.4 is 10.5 Å². The van der Waals surface area contributed by atoms with E-state index in [0.717, 1.165) is 31.6 Å². The molecule has 0 bridgehead atoms. The van der Waals surface area contributed by atoms with Crippen molar-refractivity contribution < 1.29 is 4.74 Å². The molecule has 21 heavy (non-hydrogen) atoms. The van der Waals surface area contributed by atoms with E-state index in [9.17, 15) is 0 Å². The molecule has 0 saturated carbocycles. The quantitative estimate of drug-likeness (QED) is 0.920. The van der Waals surface area contributed by atoms with Crippen LogP contribution in [0.4, 0.5) is 0 Å². The van der Waals surface area contributed by atoms with Crippen molar-refractivity contribution in [1.82, 2.24) is 4.98 Å². The minimum atomic E-state index is 0.120. The lowest BCUT2D eigenvalue weighted by molar-refractivity contribution is 0.187. The number of aromatic nitrogens is 1. The third kappa shape index (κ3) is 2.22. The first-order valence-corrected chi connectivity index (χ1v) is 7.73. The summed E-state index contributed by atoms with van der Waals surface area (Å²) in [4.78, 5) is 4.58. The van der Waals surface area contributed by atoms with Crippen molar-refractivity contribution in [1.29, 1.82) is 0 Å². The molecule has 1 aliphatic carbocycles. The van der Waals surface area contributed by atoms with Crippen molar-refractivity contribution in [3.8, 4) is 5.75 Å². The number of ether oxygens (including phenoxy) is 1. The summed E-state index contributed by atoms with van der Waals surface area (Å²) in [7, 11) is 0. The highest BCUT2D eigenvalue weighted by Gasteiger charge is 2.35. The van der Waals surface area contributed by atoms with Crippen LogP contribution in [-0.2, 0) is 12.8 Å². The predicted molar refractivity (Wildman–Crippen MR) is 82.4 cm³/mol. The molecule has 0 fully saturated rings. The minimum Gasteiger partial charge on any atom is -0.493 e. The molecule has 4 rings (SSSR count). The van der Waals surface area contributed by atoms with Crippen molar-refractivity contribution in [2.75, 3.05) is 6.61 Å². The van der Waals surface area contributed by atoms with Crippen molar-refractivity contribution in [3.05, 3.63) is 59.4 Å². The fourth-order valence-electron chi connectivity index (χ4n) is 3.75. The SMILES string of the molecule is NC(C1COc2ccccc2C1)C1CCc2cccnc21. The Morgan fingerprint density at radius 1 is 1.14 bits per heavy atom. The molecular weight excluding hydrogens is 260 g/mol. The van der Waals surface area contributed by atoms with Crippen LogP contribution in [0.15, 0.2) is 42.6 Å². The van der Waals surface area contributed by atoms with E-state index in [1.165, 1.54) is 16.8 Å². The second-order valence-electron chi connectivity index (χ2n) is 6.15. The molecule has 0 saturated heterocycles. The summed E-state index contributed by atoms with van der Waals surface area (Å²) in [6, 6.07) is 12.6. The molecule has 1 aliphatic heterocycles. The van der Waals surface area contributed by atoms with E-state index in [0.29, 0.717) is 11.8 Å². The van der Waals surface area contributed by atoms with Gasteiger partial charge in [-0.15, -0.1) is 0 Å². The van der Waals surface area contributed by atoms with Gasteiger partial charge in [-0.05, 0) is 42.5 Å². The zero-order valence-corrected chi connectivity index (χ0v) is 12.0. The minimum absolute atomic E-state index is 0.120. The van der Waals surface area contributed by atoms with Gasteiger partial charge in [0.1, 0.15) is 5.75 Å². The van der Waals surface area contributed by atoms with Gasteiger partial charge in [-0.1, -0.05) is 24.3 Å². The topological polar surface area (TPSA) is 48.1 Å². The summed E-state index contributed by atoms with van der Waals surface area (Å²) in [5.41, 5.74) is 10.5. The zero-order chi connectivity index (χ0) is 14.2. The first kappa shape index (κ1) is 12.8. The first-order valence-electron chi connectivity index (χ1n) is 7.73. The number of nitrogens with zero attached hydrogens (tertiary/aromatic N) is 1. The fraction of sp³-hybridized carbons (Fsp3) is 0.389. The van der Waals surface area contributed by atoms with Gasteiger partial charge in [0.15, 0.2) is 0 Å². The number of benzene rings is 1. The van der Waals surface area contributed by atoms with Gasteiger partial charge in [-0.2, -0.15) is 0 Å². The van der Waals surface area contributed by atoms with Crippen LogP contribution in [0.5, 0.6) is 5.75 Å². The van der Waals surface area contributed by atoms with Crippen LogP contribution in [0.3, 0.4) is 0 Å². The molecule has 1 aromatic heterocycles. The number of para-hydroxylation sites is 1. The molecule has 0 spiro atoms. The van der Waals surface area contributed by atoms with E-state index < -0.39 is 0 Å². The lowest BCUT2D eigenvalue weighted by Gasteiger charge is -2.32. The molecule has 108 valence electrons. The lowest BCUT2D eigenvalue weighted by atomic mass is 9.82. The summed E-state index contributed by atoms with van der Waals surface area (Å²) >= 11 is 0. The Morgan fingerprint density at radius 3 is 2.95 bits per heavy atom. The number of hydrogen-bond donors (Lipinski definition) is 1. The van der Waals surface area contributed by atoms with Gasteiger partial charge >= 0.3 is 0 Å². The normalized spacial score (nSPS) is 24.8. The number of pyridine rings is 1. The monoisotopic (exact) mass is 280 g/mol. The van der Waals surface area contributed by atoms with E-state index in [-0.39, 0.29) is 6.04 Å². The summed E-state index contributed by atoms with van der Waals surface area (Å²) in [6.45, 7) is 0.719. The molecule has 2 aromatic rings. The van der Waals surface area contributed by atoms with Crippen molar-refractivity contribution in [2.24, 2.45) is 11.7 Å². The maximum absolute atomic E-state index is 6.61. The predicted octanol–water partition coefficient (Wildman–Crippen LogP) is 2.69. The maximum Gasteiger partial charge on any atom is 0.122 e. The fourth-order valence-corrected chi connectivity index (χ4v) is 3.75. The smallest absolute Gasteiger partial charge is 0.122 e. The van der Waals surface area contributed by atoms with Crippen LogP contribution in [-0.4, -0.2) is 17.6 Å². The molecule has 3 unspecified atom stereocenters. The molecule has 0 amide bonds. The number of nitrogens with two attached hydrogens (primary N) is 1. The van der Waals surface area contributed by atoms with Crippen molar-refractivity contribution in [3.63, 3.8) is 0 Å². The van der Waals surface area contributed by atoms with Gasteiger partial charge < -0.3 is 10.5 Å². The van der Waals surface area contributed by atoms with Crippen LogP contribution in [0.25, 0.3) is 0 Å². The Kier molecular flexibility index (Phi) is 3.15.